The number of benzene rings is 2. The molecule has 2 saturated heterocycles. The maximum Gasteiger partial charge on any atom is 1.00 e. The Bertz CT molecular complexity index is 582. The minimum Gasteiger partial charge on any atom is -0.381 e. The van der Waals surface area contributed by atoms with Crippen molar-refractivity contribution in [2.45, 2.75) is 12.8 Å². The summed E-state index contributed by atoms with van der Waals surface area (Å²) in [4.78, 5) is 0. The third-order valence-corrected chi connectivity index (χ3v) is 4.99. The molecular formula is C29H43O7Rb. The molecule has 2 aromatic rings. The molecule has 4 rings (SSSR count). The molecule has 0 aromatic heterocycles. The first-order valence-corrected chi connectivity index (χ1v) is 12.9. The van der Waals surface area contributed by atoms with Crippen LogP contribution in [0.2, 0.25) is 0 Å². The van der Waals surface area contributed by atoms with Crippen LogP contribution in [-0.4, -0.2) is 92.5 Å². The van der Waals surface area contributed by atoms with E-state index in [4.69, 9.17) is 33.2 Å². The molecule has 2 aliphatic rings. The van der Waals surface area contributed by atoms with E-state index >= 15 is 0 Å². The van der Waals surface area contributed by atoms with Gasteiger partial charge in [-0.3, -0.25) is 0 Å². The van der Waals surface area contributed by atoms with Crippen LogP contribution in [0.5, 0.6) is 0 Å². The van der Waals surface area contributed by atoms with Gasteiger partial charge in [-0.25, -0.2) is 0 Å². The summed E-state index contributed by atoms with van der Waals surface area (Å²) < 4.78 is 36.9. The molecule has 0 aliphatic carbocycles. The average Bonchev–Trinajstić information content (AvgIpc) is 3.51. The van der Waals surface area contributed by atoms with Gasteiger partial charge in [0.1, 0.15) is 0 Å². The molecule has 37 heavy (non-hydrogen) atoms. The molecule has 8 heteroatoms. The van der Waals surface area contributed by atoms with Crippen LogP contribution in [0.1, 0.15) is 24.0 Å². The van der Waals surface area contributed by atoms with Crippen molar-refractivity contribution in [2.75, 3.05) is 92.5 Å². The van der Waals surface area contributed by atoms with Crippen LogP contribution in [0.25, 0.3) is 0 Å². The maximum absolute atomic E-state index is 5.33. The number of hydrogen-bond donors (Lipinski definition) is 0. The fraction of sp³-hybridized carbons (Fsp3) is 0.552. The maximum atomic E-state index is 5.33. The second-order valence-electron chi connectivity index (χ2n) is 7.96. The Kier molecular flexibility index (Phi) is 25.8. The average molecular weight is 589 g/mol. The zero-order valence-electron chi connectivity index (χ0n) is 22.5. The van der Waals surface area contributed by atoms with Crippen LogP contribution in [0.4, 0.5) is 0 Å². The van der Waals surface area contributed by atoms with Crippen LogP contribution < -0.4 is 58.2 Å². The van der Waals surface area contributed by atoms with E-state index in [0.29, 0.717) is 79.3 Å². The van der Waals surface area contributed by atoms with Gasteiger partial charge in [-0.1, -0.05) is 36.4 Å². The summed E-state index contributed by atoms with van der Waals surface area (Å²) in [6.45, 7) is 9.04. The van der Waals surface area contributed by atoms with Crippen LogP contribution in [0.15, 0.2) is 60.7 Å². The van der Waals surface area contributed by atoms with Crippen molar-refractivity contribution >= 4 is 0 Å². The van der Waals surface area contributed by atoms with Gasteiger partial charge in [-0.2, -0.15) is 0 Å². The van der Waals surface area contributed by atoms with Crippen LogP contribution in [0.3, 0.4) is 0 Å². The Morgan fingerprint density at radius 3 is 0.811 bits per heavy atom. The van der Waals surface area contributed by atoms with Gasteiger partial charge in [0.15, 0.2) is 0 Å². The van der Waals surface area contributed by atoms with E-state index in [1.807, 2.05) is 12.1 Å². The third-order valence-electron chi connectivity index (χ3n) is 4.99. The molecule has 0 unspecified atom stereocenters. The predicted octanol–water partition coefficient (Wildman–Crippen LogP) is 1.19. The van der Waals surface area contributed by atoms with Gasteiger partial charge >= 0.3 is 58.2 Å². The Labute approximate surface area is 272 Å². The minimum atomic E-state index is 0. The van der Waals surface area contributed by atoms with E-state index in [2.05, 4.69) is 55.0 Å². The summed E-state index contributed by atoms with van der Waals surface area (Å²) in [5.41, 5.74) is 2.49. The second kappa shape index (κ2) is 27.4. The van der Waals surface area contributed by atoms with Gasteiger partial charge in [0, 0.05) is 13.2 Å². The molecule has 0 N–H and O–H groups in total. The Morgan fingerprint density at radius 2 is 0.595 bits per heavy atom. The first kappa shape index (κ1) is 34.9. The largest absolute Gasteiger partial charge is 1.00 e. The molecule has 2 aromatic carbocycles. The zero-order valence-corrected chi connectivity index (χ0v) is 27.4. The third kappa shape index (κ3) is 22.4. The molecular weight excluding hydrogens is 546 g/mol. The fourth-order valence-electron chi connectivity index (χ4n) is 3.12. The van der Waals surface area contributed by atoms with Crippen LogP contribution in [0, 0.1) is 6.42 Å². The van der Waals surface area contributed by atoms with Crippen molar-refractivity contribution in [1.29, 1.82) is 0 Å². The van der Waals surface area contributed by atoms with E-state index in [1.165, 1.54) is 24.0 Å². The minimum absolute atomic E-state index is 0. The number of rotatable bonds is 2. The molecule has 2 fully saturated rings. The Balaban J connectivity index is 0.000000312. The molecule has 2 heterocycles. The van der Waals surface area contributed by atoms with E-state index in [-0.39, 0.29) is 58.2 Å². The van der Waals surface area contributed by atoms with Crippen molar-refractivity contribution < 1.29 is 91.3 Å². The summed E-state index contributed by atoms with van der Waals surface area (Å²) >= 11 is 0. The molecule has 0 spiro atoms. The summed E-state index contributed by atoms with van der Waals surface area (Å²) in [6, 6.07) is 20.7. The van der Waals surface area contributed by atoms with E-state index < -0.39 is 0 Å². The molecule has 0 bridgehead atoms. The quantitative estimate of drug-likeness (QED) is 0.489. The molecule has 0 amide bonds. The molecule has 0 atom stereocenters. The van der Waals surface area contributed by atoms with Crippen molar-refractivity contribution in [1.82, 2.24) is 0 Å². The standard InChI is InChI=1S/C13H11.C12H24O6.C4H8O.Rb/c1-3-7-12(8-4-1)11-13-9-5-2-6-10-13;1-2-14-5-6-16-9-10-18-12-11-17-8-7-15-4-3-13-1;1-2-4-5-3-1;/h1-11H;1-12H2;1-4H2;/q-1;;;+1. The molecule has 202 valence electrons. The molecule has 0 radical (unpaired) electrons. The first-order chi connectivity index (χ1) is 17.9. The molecule has 2 aliphatic heterocycles. The van der Waals surface area contributed by atoms with E-state index in [1.54, 1.807) is 0 Å². The van der Waals surface area contributed by atoms with Gasteiger partial charge in [0.25, 0.3) is 0 Å². The van der Waals surface area contributed by atoms with Gasteiger partial charge in [0.05, 0.1) is 79.3 Å². The first-order valence-electron chi connectivity index (χ1n) is 12.9. The van der Waals surface area contributed by atoms with E-state index in [0.717, 1.165) is 13.2 Å². The van der Waals surface area contributed by atoms with Crippen molar-refractivity contribution in [3.8, 4) is 0 Å². The molecule has 0 saturated carbocycles. The number of ether oxygens (including phenoxy) is 7. The second-order valence-corrected chi connectivity index (χ2v) is 7.96. The summed E-state index contributed by atoms with van der Waals surface area (Å²) in [7, 11) is 0. The summed E-state index contributed by atoms with van der Waals surface area (Å²) in [5.74, 6) is 0. The normalized spacial score (nSPS) is 18.3. The Morgan fingerprint density at radius 1 is 0.351 bits per heavy atom. The predicted molar refractivity (Wildman–Crippen MR) is 140 cm³/mol. The van der Waals surface area contributed by atoms with Gasteiger partial charge < -0.3 is 33.2 Å². The number of hydrogen-bond acceptors (Lipinski definition) is 7. The topological polar surface area (TPSA) is 64.6 Å². The van der Waals surface area contributed by atoms with Gasteiger partial charge in [0.2, 0.25) is 0 Å². The van der Waals surface area contributed by atoms with Crippen molar-refractivity contribution in [2.24, 2.45) is 0 Å². The van der Waals surface area contributed by atoms with Gasteiger partial charge in [-0.15, -0.1) is 41.8 Å². The van der Waals surface area contributed by atoms with Gasteiger partial charge in [-0.05, 0) is 12.8 Å². The fourth-order valence-corrected chi connectivity index (χ4v) is 3.12. The van der Waals surface area contributed by atoms with Crippen molar-refractivity contribution in [3.05, 3.63) is 78.2 Å². The summed E-state index contributed by atoms with van der Waals surface area (Å²) in [5, 5.41) is 0. The summed E-state index contributed by atoms with van der Waals surface area (Å²) in [6.07, 6.45) is 4.72. The molecule has 7 nitrogen and oxygen atoms in total. The van der Waals surface area contributed by atoms with Crippen LogP contribution in [-0.2, 0) is 33.2 Å². The zero-order chi connectivity index (χ0) is 25.2. The SMILES string of the molecule is C1CCOC1.C1COCCOCCOCCOCCOCCO1.[Rb+].c1ccc([CH-]c2ccccc2)cc1. The van der Waals surface area contributed by atoms with Crippen molar-refractivity contribution in [3.63, 3.8) is 0 Å². The van der Waals surface area contributed by atoms with E-state index in [9.17, 15) is 0 Å². The van der Waals surface area contributed by atoms with Crippen LogP contribution >= 0.6 is 0 Å². The smallest absolute Gasteiger partial charge is 0.381 e. The monoisotopic (exact) mass is 588 g/mol. The Hall–Kier alpha value is -0.165.